The molecule has 158 valence electrons. The first-order valence-electron chi connectivity index (χ1n) is 9.26. The van der Waals surface area contributed by atoms with Gasteiger partial charge in [-0.1, -0.05) is 41.4 Å². The number of nitrogens with one attached hydrogen (secondary N) is 2. The number of benzene rings is 2. The van der Waals surface area contributed by atoms with E-state index in [0.29, 0.717) is 16.3 Å². The van der Waals surface area contributed by atoms with Crippen LogP contribution in [0, 0.1) is 6.92 Å². The number of hydrogen-bond acceptors (Lipinski definition) is 4. The molecular weight excluding hydrogens is 429 g/mol. The molecule has 0 aliphatic carbocycles. The Morgan fingerprint density at radius 3 is 2.63 bits per heavy atom. The zero-order chi connectivity index (χ0) is 21.9. The lowest BCUT2D eigenvalue weighted by Gasteiger charge is -2.22. The third kappa shape index (κ3) is 4.68. The second-order valence-electron chi connectivity index (χ2n) is 7.09. The van der Waals surface area contributed by atoms with Crippen molar-refractivity contribution in [1.29, 1.82) is 0 Å². The molecule has 0 radical (unpaired) electrons. The normalized spacial score (nSPS) is 18.3. The summed E-state index contributed by atoms with van der Waals surface area (Å²) < 4.78 is 5.56. The highest BCUT2D eigenvalue weighted by atomic mass is 35.5. The molecular formula is C21H21Cl2N3O4. The summed E-state index contributed by atoms with van der Waals surface area (Å²) in [5.74, 6) is -0.308. The monoisotopic (exact) mass is 449 g/mol. The third-order valence-electron chi connectivity index (χ3n) is 4.76. The first-order chi connectivity index (χ1) is 14.2. The minimum absolute atomic E-state index is 0.237. The van der Waals surface area contributed by atoms with Crippen LogP contribution in [0.25, 0.3) is 0 Å². The smallest absolute Gasteiger partial charge is 0.325 e. The van der Waals surface area contributed by atoms with Gasteiger partial charge in [0.25, 0.3) is 5.91 Å². The fraction of sp³-hybridized carbons (Fsp3) is 0.286. The van der Waals surface area contributed by atoms with Crippen LogP contribution < -0.4 is 15.4 Å². The first kappa shape index (κ1) is 21.9. The fourth-order valence-corrected chi connectivity index (χ4v) is 3.41. The largest absolute Gasteiger partial charge is 0.492 e. The van der Waals surface area contributed by atoms with Crippen molar-refractivity contribution in [3.8, 4) is 5.75 Å². The summed E-state index contributed by atoms with van der Waals surface area (Å²) >= 11 is 12.0. The molecule has 9 heteroatoms. The minimum Gasteiger partial charge on any atom is -0.492 e. The molecule has 2 aromatic carbocycles. The van der Waals surface area contributed by atoms with Crippen molar-refractivity contribution in [2.75, 3.05) is 19.7 Å². The van der Waals surface area contributed by atoms with Crippen LogP contribution in [0.1, 0.15) is 18.1 Å². The molecule has 0 bridgehead atoms. The number of amides is 4. The molecule has 1 aliphatic rings. The second kappa shape index (κ2) is 8.93. The second-order valence-corrected chi connectivity index (χ2v) is 7.90. The van der Waals surface area contributed by atoms with Gasteiger partial charge < -0.3 is 15.4 Å². The number of urea groups is 1. The highest BCUT2D eigenvalue weighted by molar-refractivity contribution is 6.42. The summed E-state index contributed by atoms with van der Waals surface area (Å²) in [6.07, 6.45) is 0. The molecule has 0 spiro atoms. The molecule has 0 aromatic heterocycles. The number of imide groups is 1. The summed E-state index contributed by atoms with van der Waals surface area (Å²) in [5, 5.41) is 5.87. The molecule has 1 unspecified atom stereocenters. The van der Waals surface area contributed by atoms with E-state index in [1.54, 1.807) is 19.1 Å². The van der Waals surface area contributed by atoms with E-state index in [1.165, 1.54) is 6.07 Å². The molecule has 1 aliphatic heterocycles. The van der Waals surface area contributed by atoms with E-state index in [0.717, 1.165) is 10.5 Å². The van der Waals surface area contributed by atoms with Gasteiger partial charge in [-0.25, -0.2) is 4.79 Å². The van der Waals surface area contributed by atoms with Crippen molar-refractivity contribution in [2.45, 2.75) is 19.4 Å². The van der Waals surface area contributed by atoms with Gasteiger partial charge in [0, 0.05) is 0 Å². The Morgan fingerprint density at radius 1 is 1.17 bits per heavy atom. The predicted molar refractivity (Wildman–Crippen MR) is 114 cm³/mol. The van der Waals surface area contributed by atoms with Crippen molar-refractivity contribution in [3.05, 3.63) is 63.6 Å². The number of carbonyl (C=O) groups is 3. The Morgan fingerprint density at radius 2 is 1.93 bits per heavy atom. The van der Waals surface area contributed by atoms with E-state index in [2.05, 4.69) is 10.6 Å². The van der Waals surface area contributed by atoms with Gasteiger partial charge in [-0.05, 0) is 49.2 Å². The van der Waals surface area contributed by atoms with Crippen LogP contribution in [0.2, 0.25) is 10.0 Å². The van der Waals surface area contributed by atoms with Gasteiger partial charge in [-0.2, -0.15) is 0 Å². The van der Waals surface area contributed by atoms with Gasteiger partial charge in [0.1, 0.15) is 24.4 Å². The van der Waals surface area contributed by atoms with Gasteiger partial charge in [0.05, 0.1) is 16.6 Å². The quantitative estimate of drug-likeness (QED) is 0.501. The zero-order valence-corrected chi connectivity index (χ0v) is 18.0. The number of hydrogen-bond donors (Lipinski definition) is 2. The molecule has 1 heterocycles. The van der Waals surface area contributed by atoms with Gasteiger partial charge in [-0.15, -0.1) is 0 Å². The van der Waals surface area contributed by atoms with Gasteiger partial charge >= 0.3 is 6.03 Å². The number of halogens is 2. The van der Waals surface area contributed by atoms with Crippen LogP contribution in [0.15, 0.2) is 42.5 Å². The topological polar surface area (TPSA) is 87.7 Å². The average molecular weight is 450 g/mol. The lowest BCUT2D eigenvalue weighted by Crippen LogP contribution is -2.43. The maximum Gasteiger partial charge on any atom is 0.325 e. The van der Waals surface area contributed by atoms with E-state index in [-0.39, 0.29) is 18.2 Å². The Hall–Kier alpha value is -2.77. The molecule has 2 aromatic rings. The van der Waals surface area contributed by atoms with Crippen molar-refractivity contribution in [2.24, 2.45) is 0 Å². The maximum atomic E-state index is 12.9. The van der Waals surface area contributed by atoms with Gasteiger partial charge in [0.15, 0.2) is 0 Å². The van der Waals surface area contributed by atoms with Crippen molar-refractivity contribution in [3.63, 3.8) is 0 Å². The molecule has 7 nitrogen and oxygen atoms in total. The Kier molecular flexibility index (Phi) is 6.53. The standard InChI is InChI=1S/C21H21Cl2N3O4/c1-13-4-3-5-15(10-13)30-9-8-24-18(27)12-26-19(28)21(2,25-20(26)29)14-6-7-16(22)17(23)11-14/h3-7,10-11H,8-9,12H2,1-2H3,(H,24,27)(H,25,29). The molecule has 2 N–H and O–H groups in total. The third-order valence-corrected chi connectivity index (χ3v) is 5.50. The number of aryl methyl sites for hydroxylation is 1. The summed E-state index contributed by atoms with van der Waals surface area (Å²) in [5.41, 5.74) is 0.213. The van der Waals surface area contributed by atoms with E-state index in [9.17, 15) is 14.4 Å². The van der Waals surface area contributed by atoms with Crippen LogP contribution in [0.3, 0.4) is 0 Å². The van der Waals surface area contributed by atoms with E-state index in [4.69, 9.17) is 27.9 Å². The number of carbonyl (C=O) groups excluding carboxylic acids is 3. The lowest BCUT2D eigenvalue weighted by molar-refractivity contribution is -0.134. The lowest BCUT2D eigenvalue weighted by atomic mass is 9.92. The van der Waals surface area contributed by atoms with Crippen LogP contribution in [0.5, 0.6) is 5.75 Å². The van der Waals surface area contributed by atoms with E-state index < -0.39 is 29.9 Å². The average Bonchev–Trinajstić information content (AvgIpc) is 2.91. The predicted octanol–water partition coefficient (Wildman–Crippen LogP) is 3.26. The molecule has 30 heavy (non-hydrogen) atoms. The summed E-state index contributed by atoms with van der Waals surface area (Å²) in [6.45, 7) is 3.61. The minimum atomic E-state index is -1.33. The Bertz CT molecular complexity index is 998. The zero-order valence-electron chi connectivity index (χ0n) is 16.5. The number of rotatable bonds is 7. The first-order valence-corrected chi connectivity index (χ1v) is 10.0. The van der Waals surface area contributed by atoms with Crippen LogP contribution in [-0.4, -0.2) is 42.4 Å². The highest BCUT2D eigenvalue weighted by Gasteiger charge is 2.49. The van der Waals surface area contributed by atoms with Crippen LogP contribution in [-0.2, 0) is 15.1 Å². The maximum absolute atomic E-state index is 12.9. The summed E-state index contributed by atoms with van der Waals surface area (Å²) in [4.78, 5) is 38.3. The highest BCUT2D eigenvalue weighted by Crippen LogP contribution is 2.32. The molecule has 4 amide bonds. The van der Waals surface area contributed by atoms with Crippen LogP contribution in [0.4, 0.5) is 4.79 Å². The Labute approximate surface area is 184 Å². The Balaban J connectivity index is 1.55. The number of nitrogens with zero attached hydrogens (tertiary/aromatic N) is 1. The number of ether oxygens (including phenoxy) is 1. The summed E-state index contributed by atoms with van der Waals surface area (Å²) in [7, 11) is 0. The van der Waals surface area contributed by atoms with Crippen molar-refractivity contribution < 1.29 is 19.1 Å². The molecule has 1 atom stereocenters. The van der Waals surface area contributed by atoms with E-state index in [1.807, 2.05) is 31.2 Å². The fourth-order valence-electron chi connectivity index (χ4n) is 3.11. The van der Waals surface area contributed by atoms with Crippen LogP contribution >= 0.6 is 23.2 Å². The van der Waals surface area contributed by atoms with Gasteiger partial charge in [-0.3, -0.25) is 14.5 Å². The van der Waals surface area contributed by atoms with Crippen molar-refractivity contribution in [1.82, 2.24) is 15.5 Å². The van der Waals surface area contributed by atoms with Crippen molar-refractivity contribution >= 4 is 41.0 Å². The SMILES string of the molecule is Cc1cccc(OCCNC(=O)CN2C(=O)NC(C)(c3ccc(Cl)c(Cl)c3)C2=O)c1. The molecule has 0 saturated carbocycles. The summed E-state index contributed by atoms with van der Waals surface area (Å²) in [6, 6.07) is 11.6. The molecule has 1 saturated heterocycles. The molecule has 3 rings (SSSR count). The van der Waals surface area contributed by atoms with Gasteiger partial charge in [0.2, 0.25) is 5.91 Å². The molecule has 1 fully saturated rings. The van der Waals surface area contributed by atoms with E-state index >= 15 is 0 Å².